The molecule has 132 valence electrons. The molecule has 1 atom stereocenters. The van der Waals surface area contributed by atoms with E-state index in [0.717, 1.165) is 12.0 Å². The lowest BCUT2D eigenvalue weighted by Gasteiger charge is -2.31. The highest BCUT2D eigenvalue weighted by atomic mass is 19.4. The molecule has 2 rings (SSSR count). The van der Waals surface area contributed by atoms with Gasteiger partial charge in [-0.15, -0.1) is 13.2 Å². The van der Waals surface area contributed by atoms with Crippen molar-refractivity contribution in [2.75, 3.05) is 13.1 Å². The molecule has 0 aliphatic carbocycles. The molecule has 24 heavy (non-hydrogen) atoms. The largest absolute Gasteiger partial charge is 0.573 e. The van der Waals surface area contributed by atoms with Gasteiger partial charge in [-0.2, -0.15) is 0 Å². The van der Waals surface area contributed by atoms with Gasteiger partial charge in [0.1, 0.15) is 5.75 Å². The number of carbonyl (C=O) groups is 2. The number of carbonyl (C=O) groups excluding carboxylic acids is 2. The Balaban J connectivity index is 1.84. The molecule has 1 saturated heterocycles. The van der Waals surface area contributed by atoms with Crippen molar-refractivity contribution in [3.05, 3.63) is 29.8 Å². The number of alkyl halides is 3. The Morgan fingerprint density at radius 2 is 1.92 bits per heavy atom. The number of benzene rings is 1. The monoisotopic (exact) mass is 344 g/mol. The third-order valence-corrected chi connectivity index (χ3v) is 3.96. The average molecular weight is 344 g/mol. The topological polar surface area (TPSA) is 72.6 Å². The Morgan fingerprint density at radius 3 is 2.50 bits per heavy atom. The van der Waals surface area contributed by atoms with E-state index in [1.165, 1.54) is 24.3 Å². The van der Waals surface area contributed by atoms with E-state index in [1.807, 2.05) is 0 Å². The van der Waals surface area contributed by atoms with Gasteiger partial charge >= 0.3 is 6.36 Å². The molecule has 1 aliphatic heterocycles. The van der Waals surface area contributed by atoms with Crippen LogP contribution in [-0.4, -0.2) is 36.2 Å². The number of hydrogen-bond donors (Lipinski definition) is 1. The third kappa shape index (κ3) is 5.43. The van der Waals surface area contributed by atoms with E-state index in [1.54, 1.807) is 4.90 Å². The van der Waals surface area contributed by atoms with Crippen LogP contribution < -0.4 is 10.5 Å². The molecule has 1 aromatic carbocycles. The Hall–Kier alpha value is -2.25. The van der Waals surface area contributed by atoms with Crippen LogP contribution in [0.1, 0.15) is 24.8 Å². The zero-order valence-electron chi connectivity index (χ0n) is 13.0. The SMILES string of the molecule is NC(=O)[C@@H]1CCCN(C(=O)CCc2ccc(OC(F)(F)F)cc2)C1. The van der Waals surface area contributed by atoms with Gasteiger partial charge in [-0.25, -0.2) is 0 Å². The number of primary amides is 1. The summed E-state index contributed by atoms with van der Waals surface area (Å²) in [6.07, 6.45) is -2.65. The van der Waals surface area contributed by atoms with Gasteiger partial charge in [0.15, 0.2) is 0 Å². The van der Waals surface area contributed by atoms with E-state index in [9.17, 15) is 22.8 Å². The molecule has 1 heterocycles. The maximum atomic E-state index is 12.2. The maximum Gasteiger partial charge on any atom is 0.573 e. The van der Waals surface area contributed by atoms with Crippen molar-refractivity contribution in [3.63, 3.8) is 0 Å². The number of rotatable bonds is 5. The highest BCUT2D eigenvalue weighted by Crippen LogP contribution is 2.23. The highest BCUT2D eigenvalue weighted by Gasteiger charge is 2.31. The number of halogens is 3. The molecule has 0 spiro atoms. The smallest absolute Gasteiger partial charge is 0.406 e. The van der Waals surface area contributed by atoms with E-state index in [-0.39, 0.29) is 24.0 Å². The molecular weight excluding hydrogens is 325 g/mol. The van der Waals surface area contributed by atoms with Crippen molar-refractivity contribution < 1.29 is 27.5 Å². The normalized spacial score (nSPS) is 18.3. The second-order valence-electron chi connectivity index (χ2n) is 5.77. The Kier molecular flexibility index (Phi) is 5.69. The molecule has 1 aromatic rings. The molecule has 2 amide bonds. The molecule has 1 fully saturated rings. The zero-order valence-corrected chi connectivity index (χ0v) is 13.0. The van der Waals surface area contributed by atoms with Crippen LogP contribution in [0.4, 0.5) is 13.2 Å². The van der Waals surface area contributed by atoms with Gasteiger partial charge in [0.25, 0.3) is 0 Å². The predicted molar refractivity (Wildman–Crippen MR) is 79.9 cm³/mol. The molecule has 0 radical (unpaired) electrons. The summed E-state index contributed by atoms with van der Waals surface area (Å²) in [4.78, 5) is 25.0. The number of likely N-dealkylation sites (tertiary alicyclic amines) is 1. The Bertz CT molecular complexity index is 587. The first-order valence-electron chi connectivity index (χ1n) is 7.66. The lowest BCUT2D eigenvalue weighted by molar-refractivity contribution is -0.274. The first-order valence-corrected chi connectivity index (χ1v) is 7.66. The van der Waals surface area contributed by atoms with Crippen LogP contribution in [0.3, 0.4) is 0 Å². The standard InChI is InChI=1S/C16H19F3N2O3/c17-16(18,19)24-13-6-3-11(4-7-13)5-8-14(22)21-9-1-2-12(10-21)15(20)23/h3-4,6-7,12H,1-2,5,8-10H2,(H2,20,23)/t12-/m1/s1. The summed E-state index contributed by atoms with van der Waals surface area (Å²) >= 11 is 0. The predicted octanol–water partition coefficient (Wildman–Crippen LogP) is 2.24. The second-order valence-corrected chi connectivity index (χ2v) is 5.77. The molecule has 1 aliphatic rings. The van der Waals surface area contributed by atoms with E-state index in [0.29, 0.717) is 25.9 Å². The van der Waals surface area contributed by atoms with Gasteiger partial charge in [-0.3, -0.25) is 9.59 Å². The molecule has 8 heteroatoms. The second kappa shape index (κ2) is 7.55. The summed E-state index contributed by atoms with van der Waals surface area (Å²) in [5, 5.41) is 0. The molecule has 2 N–H and O–H groups in total. The van der Waals surface area contributed by atoms with Crippen LogP contribution in [0.5, 0.6) is 5.75 Å². The fraction of sp³-hybridized carbons (Fsp3) is 0.500. The molecule has 0 unspecified atom stereocenters. The fourth-order valence-corrected chi connectivity index (χ4v) is 2.70. The summed E-state index contributed by atoms with van der Waals surface area (Å²) < 4.78 is 40.0. The zero-order chi connectivity index (χ0) is 17.7. The van der Waals surface area contributed by atoms with E-state index in [2.05, 4.69) is 4.74 Å². The van der Waals surface area contributed by atoms with Crippen molar-refractivity contribution in [1.82, 2.24) is 4.90 Å². The summed E-state index contributed by atoms with van der Waals surface area (Å²) in [6, 6.07) is 5.43. The third-order valence-electron chi connectivity index (χ3n) is 3.96. The number of nitrogens with two attached hydrogens (primary N) is 1. The van der Waals surface area contributed by atoms with E-state index in [4.69, 9.17) is 5.73 Å². The highest BCUT2D eigenvalue weighted by molar-refractivity contribution is 5.80. The van der Waals surface area contributed by atoms with Crippen LogP contribution in [-0.2, 0) is 16.0 Å². The van der Waals surface area contributed by atoms with Crippen molar-refractivity contribution in [2.45, 2.75) is 32.0 Å². The molecule has 5 nitrogen and oxygen atoms in total. The molecule has 0 saturated carbocycles. The van der Waals surface area contributed by atoms with Gasteiger partial charge in [0, 0.05) is 19.5 Å². The van der Waals surface area contributed by atoms with Crippen molar-refractivity contribution in [1.29, 1.82) is 0 Å². The van der Waals surface area contributed by atoms with Gasteiger partial charge in [-0.05, 0) is 37.0 Å². The minimum atomic E-state index is -4.72. The van der Waals surface area contributed by atoms with Crippen molar-refractivity contribution in [2.24, 2.45) is 11.7 Å². The lowest BCUT2D eigenvalue weighted by Crippen LogP contribution is -2.44. The maximum absolute atomic E-state index is 12.2. The quantitative estimate of drug-likeness (QED) is 0.890. The Morgan fingerprint density at radius 1 is 1.25 bits per heavy atom. The van der Waals surface area contributed by atoms with Crippen molar-refractivity contribution >= 4 is 11.8 Å². The minimum Gasteiger partial charge on any atom is -0.406 e. The number of aryl methyl sites for hydroxylation is 1. The lowest BCUT2D eigenvalue weighted by atomic mass is 9.97. The van der Waals surface area contributed by atoms with Crippen LogP contribution in [0.25, 0.3) is 0 Å². The van der Waals surface area contributed by atoms with Crippen LogP contribution in [0.15, 0.2) is 24.3 Å². The first-order chi connectivity index (χ1) is 11.2. The van der Waals surface area contributed by atoms with E-state index < -0.39 is 12.3 Å². The fourth-order valence-electron chi connectivity index (χ4n) is 2.70. The van der Waals surface area contributed by atoms with Gasteiger partial charge in [-0.1, -0.05) is 12.1 Å². The van der Waals surface area contributed by atoms with Crippen LogP contribution in [0, 0.1) is 5.92 Å². The van der Waals surface area contributed by atoms with Crippen LogP contribution in [0.2, 0.25) is 0 Å². The van der Waals surface area contributed by atoms with Gasteiger partial charge in [0.05, 0.1) is 5.92 Å². The number of amides is 2. The molecular formula is C16H19F3N2O3. The molecule has 0 aromatic heterocycles. The number of nitrogens with zero attached hydrogens (tertiary/aromatic N) is 1. The Labute approximate surface area is 137 Å². The summed E-state index contributed by atoms with van der Waals surface area (Å²) in [5.41, 5.74) is 6.02. The summed E-state index contributed by atoms with van der Waals surface area (Å²) in [7, 11) is 0. The molecule has 0 bridgehead atoms. The number of piperidine rings is 1. The number of ether oxygens (including phenoxy) is 1. The summed E-state index contributed by atoms with van der Waals surface area (Å²) in [5.74, 6) is -1.08. The number of hydrogen-bond acceptors (Lipinski definition) is 3. The van der Waals surface area contributed by atoms with Crippen LogP contribution >= 0.6 is 0 Å². The van der Waals surface area contributed by atoms with E-state index >= 15 is 0 Å². The van der Waals surface area contributed by atoms with Gasteiger partial charge in [0.2, 0.25) is 11.8 Å². The minimum absolute atomic E-state index is 0.0865. The average Bonchev–Trinajstić information content (AvgIpc) is 2.52. The summed E-state index contributed by atoms with van der Waals surface area (Å²) in [6.45, 7) is 0.938. The first kappa shape index (κ1) is 18.1. The van der Waals surface area contributed by atoms with Gasteiger partial charge < -0.3 is 15.4 Å². The van der Waals surface area contributed by atoms with Crippen molar-refractivity contribution in [3.8, 4) is 5.75 Å².